The first kappa shape index (κ1) is 21.3. The minimum Gasteiger partial charge on any atom is -0.486 e. The second-order valence-electron chi connectivity index (χ2n) is 7.53. The van der Waals surface area contributed by atoms with E-state index in [1.54, 1.807) is 31.2 Å². The molecule has 0 bridgehead atoms. The van der Waals surface area contributed by atoms with Crippen LogP contribution in [0.25, 0.3) is 22.4 Å². The Morgan fingerprint density at radius 1 is 1.15 bits per heavy atom. The standard InChI is InChI=1S/C24H17F2N5O3/c1-13-9-15(25)6-5-14(13)11-33-21-8-7-16(10-20(21)26)27-24(32)19-12-34-22-17(19)3-2-4-18(22)23-28-30-31-29-23/h2-10,12H,11H2,1H3,(H,27,32)(H,28,29,30,31). The first-order valence-electron chi connectivity index (χ1n) is 10.2. The second kappa shape index (κ2) is 8.74. The molecule has 1 amide bonds. The number of aryl methyl sites for hydroxylation is 1. The lowest BCUT2D eigenvalue weighted by molar-refractivity contribution is 0.102. The van der Waals surface area contributed by atoms with Gasteiger partial charge in [-0.3, -0.25) is 4.79 Å². The highest BCUT2D eigenvalue weighted by Gasteiger charge is 2.19. The minimum absolute atomic E-state index is 0.0141. The van der Waals surface area contributed by atoms with Gasteiger partial charge in [-0.15, -0.1) is 10.2 Å². The summed E-state index contributed by atoms with van der Waals surface area (Å²) in [5.74, 6) is -1.11. The van der Waals surface area contributed by atoms with Gasteiger partial charge in [0.05, 0.1) is 11.1 Å². The van der Waals surface area contributed by atoms with E-state index in [9.17, 15) is 13.6 Å². The number of ether oxygens (including phenoxy) is 1. The Balaban J connectivity index is 1.32. The Labute approximate surface area is 191 Å². The molecule has 0 saturated heterocycles. The van der Waals surface area contributed by atoms with Gasteiger partial charge in [0.2, 0.25) is 5.82 Å². The molecule has 0 spiro atoms. The third-order valence-electron chi connectivity index (χ3n) is 5.31. The number of halogens is 2. The van der Waals surface area contributed by atoms with Crippen molar-refractivity contribution in [3.05, 3.63) is 89.2 Å². The molecule has 3 aromatic carbocycles. The molecule has 2 aromatic heterocycles. The zero-order chi connectivity index (χ0) is 23.7. The molecule has 0 saturated carbocycles. The van der Waals surface area contributed by atoms with E-state index in [1.807, 2.05) is 0 Å². The predicted molar refractivity (Wildman–Crippen MR) is 119 cm³/mol. The fourth-order valence-corrected chi connectivity index (χ4v) is 3.56. The van der Waals surface area contributed by atoms with Gasteiger partial charge >= 0.3 is 0 Å². The van der Waals surface area contributed by atoms with Gasteiger partial charge < -0.3 is 14.5 Å². The largest absolute Gasteiger partial charge is 0.486 e. The smallest absolute Gasteiger partial charge is 0.259 e. The SMILES string of the molecule is Cc1cc(F)ccc1COc1ccc(NC(=O)c2coc3c(-c4nn[nH]n4)cccc23)cc1F. The average Bonchev–Trinajstić information content (AvgIpc) is 3.50. The van der Waals surface area contributed by atoms with Gasteiger partial charge in [0, 0.05) is 17.1 Å². The number of aromatic amines is 1. The Kier molecular flexibility index (Phi) is 5.46. The van der Waals surface area contributed by atoms with Gasteiger partial charge in [-0.1, -0.05) is 18.2 Å². The van der Waals surface area contributed by atoms with Crippen LogP contribution in [0.1, 0.15) is 21.5 Å². The van der Waals surface area contributed by atoms with E-state index >= 15 is 0 Å². The van der Waals surface area contributed by atoms with Crippen LogP contribution >= 0.6 is 0 Å². The van der Waals surface area contributed by atoms with E-state index in [0.717, 1.165) is 11.6 Å². The molecule has 170 valence electrons. The van der Waals surface area contributed by atoms with E-state index in [4.69, 9.17) is 9.15 Å². The molecular weight excluding hydrogens is 444 g/mol. The van der Waals surface area contributed by atoms with Gasteiger partial charge in [-0.05, 0) is 53.6 Å². The number of para-hydroxylation sites is 1. The number of carbonyl (C=O) groups is 1. The van der Waals surface area contributed by atoms with E-state index < -0.39 is 11.7 Å². The van der Waals surface area contributed by atoms with Crippen LogP contribution in [0, 0.1) is 18.6 Å². The third-order valence-corrected chi connectivity index (χ3v) is 5.31. The molecule has 0 aliphatic heterocycles. The molecule has 5 rings (SSSR count). The Morgan fingerprint density at radius 3 is 2.79 bits per heavy atom. The van der Waals surface area contributed by atoms with Crippen molar-refractivity contribution in [2.75, 3.05) is 5.32 Å². The normalized spacial score (nSPS) is 11.0. The lowest BCUT2D eigenvalue weighted by atomic mass is 10.1. The van der Waals surface area contributed by atoms with Gasteiger partial charge in [-0.2, -0.15) is 5.21 Å². The van der Waals surface area contributed by atoms with Crippen LogP contribution in [0.5, 0.6) is 5.75 Å². The van der Waals surface area contributed by atoms with Crippen molar-refractivity contribution >= 4 is 22.6 Å². The molecule has 2 N–H and O–H groups in total. The molecule has 0 fully saturated rings. The quantitative estimate of drug-likeness (QED) is 0.367. The van der Waals surface area contributed by atoms with Crippen LogP contribution in [0.4, 0.5) is 14.5 Å². The monoisotopic (exact) mass is 461 g/mol. The van der Waals surface area contributed by atoms with Crippen LogP contribution < -0.4 is 10.1 Å². The van der Waals surface area contributed by atoms with Crippen molar-refractivity contribution in [1.82, 2.24) is 20.6 Å². The number of amides is 1. The van der Waals surface area contributed by atoms with Crippen LogP contribution in [-0.4, -0.2) is 26.5 Å². The average molecular weight is 461 g/mol. The number of nitrogens with zero attached hydrogens (tertiary/aromatic N) is 3. The van der Waals surface area contributed by atoms with Crippen LogP contribution in [0.2, 0.25) is 0 Å². The number of tetrazole rings is 1. The van der Waals surface area contributed by atoms with Crippen LogP contribution in [0.3, 0.4) is 0 Å². The second-order valence-corrected chi connectivity index (χ2v) is 7.53. The molecule has 0 aliphatic rings. The van der Waals surface area contributed by atoms with Gasteiger partial charge in [0.1, 0.15) is 24.3 Å². The molecule has 0 aliphatic carbocycles. The van der Waals surface area contributed by atoms with Crippen molar-refractivity contribution in [3.63, 3.8) is 0 Å². The van der Waals surface area contributed by atoms with Crippen molar-refractivity contribution in [2.24, 2.45) is 0 Å². The maximum atomic E-state index is 14.6. The van der Waals surface area contributed by atoms with Gasteiger partial charge in [0.15, 0.2) is 11.6 Å². The first-order valence-corrected chi connectivity index (χ1v) is 10.2. The molecule has 0 unspecified atom stereocenters. The molecule has 5 aromatic rings. The maximum Gasteiger partial charge on any atom is 0.259 e. The molecule has 0 atom stereocenters. The van der Waals surface area contributed by atoms with E-state index in [0.29, 0.717) is 27.9 Å². The number of nitrogens with one attached hydrogen (secondary N) is 2. The summed E-state index contributed by atoms with van der Waals surface area (Å²) in [6.07, 6.45) is 1.32. The van der Waals surface area contributed by atoms with Crippen molar-refractivity contribution in [1.29, 1.82) is 0 Å². The summed E-state index contributed by atoms with van der Waals surface area (Å²) in [7, 11) is 0. The highest BCUT2D eigenvalue weighted by molar-refractivity contribution is 6.13. The molecule has 8 nitrogen and oxygen atoms in total. The Morgan fingerprint density at radius 2 is 2.03 bits per heavy atom. The Bertz CT molecular complexity index is 1500. The van der Waals surface area contributed by atoms with Crippen LogP contribution in [0.15, 0.2) is 65.3 Å². The summed E-state index contributed by atoms with van der Waals surface area (Å²) in [4.78, 5) is 12.9. The summed E-state index contributed by atoms with van der Waals surface area (Å²) in [6.45, 7) is 1.83. The fourth-order valence-electron chi connectivity index (χ4n) is 3.56. The molecule has 2 heterocycles. The Hall–Kier alpha value is -4.60. The number of rotatable bonds is 6. The summed E-state index contributed by atoms with van der Waals surface area (Å²) in [5.41, 5.74) is 2.97. The van der Waals surface area contributed by atoms with Crippen molar-refractivity contribution in [2.45, 2.75) is 13.5 Å². The zero-order valence-electron chi connectivity index (χ0n) is 17.8. The number of fused-ring (bicyclic) bond motifs is 1. The number of anilines is 1. The molecule has 0 radical (unpaired) electrons. The van der Waals surface area contributed by atoms with E-state index in [-0.39, 0.29) is 29.4 Å². The highest BCUT2D eigenvalue weighted by atomic mass is 19.1. The number of aromatic nitrogens is 4. The highest BCUT2D eigenvalue weighted by Crippen LogP contribution is 2.30. The molecule has 10 heteroatoms. The van der Waals surface area contributed by atoms with Crippen molar-refractivity contribution < 1.29 is 22.7 Å². The number of H-pyrrole nitrogens is 1. The fraction of sp³-hybridized carbons (Fsp3) is 0.0833. The van der Waals surface area contributed by atoms with Gasteiger partial charge in [-0.25, -0.2) is 8.78 Å². The lowest BCUT2D eigenvalue weighted by Gasteiger charge is -2.11. The summed E-state index contributed by atoms with van der Waals surface area (Å²) in [6, 6.07) is 13.6. The number of carbonyl (C=O) groups excluding carboxylic acids is 1. The number of benzene rings is 3. The van der Waals surface area contributed by atoms with E-state index in [1.165, 1.54) is 30.5 Å². The minimum atomic E-state index is -0.644. The third kappa shape index (κ3) is 4.08. The first-order chi connectivity index (χ1) is 16.5. The molecular formula is C24H17F2N5O3. The van der Waals surface area contributed by atoms with Crippen LogP contribution in [-0.2, 0) is 6.61 Å². The predicted octanol–water partition coefficient (Wildman–Crippen LogP) is 5.03. The summed E-state index contributed by atoms with van der Waals surface area (Å²) in [5, 5.41) is 17.0. The topological polar surface area (TPSA) is 106 Å². The lowest BCUT2D eigenvalue weighted by Crippen LogP contribution is -2.11. The van der Waals surface area contributed by atoms with Gasteiger partial charge in [0.25, 0.3) is 5.91 Å². The molecule has 34 heavy (non-hydrogen) atoms. The number of furan rings is 1. The summed E-state index contributed by atoms with van der Waals surface area (Å²) < 4.78 is 39.0. The number of hydrogen-bond donors (Lipinski definition) is 2. The van der Waals surface area contributed by atoms with E-state index in [2.05, 4.69) is 25.9 Å². The maximum absolute atomic E-state index is 14.6. The zero-order valence-corrected chi connectivity index (χ0v) is 17.8. The number of hydrogen-bond acceptors (Lipinski definition) is 6. The van der Waals surface area contributed by atoms with Crippen molar-refractivity contribution in [3.8, 4) is 17.1 Å². The summed E-state index contributed by atoms with van der Waals surface area (Å²) >= 11 is 0.